The van der Waals surface area contributed by atoms with Crippen molar-refractivity contribution in [1.82, 2.24) is 4.98 Å². The molecule has 1 aromatic heterocycles. The van der Waals surface area contributed by atoms with Crippen LogP contribution in [-0.2, 0) is 6.42 Å². The molecule has 0 radical (unpaired) electrons. The van der Waals surface area contributed by atoms with Crippen molar-refractivity contribution in [3.8, 4) is 0 Å². The number of anilines is 1. The third-order valence-corrected chi connectivity index (χ3v) is 2.66. The maximum atomic E-state index is 11.0. The van der Waals surface area contributed by atoms with Crippen LogP contribution in [0.25, 0.3) is 0 Å². The second kappa shape index (κ2) is 5.82. The fourth-order valence-electron chi connectivity index (χ4n) is 1.37. The summed E-state index contributed by atoms with van der Waals surface area (Å²) in [5, 5.41) is 21.2. The molecule has 0 aromatic carbocycles. The SMILES string of the molecule is CCc1cc(C(=O)O)cc(NCC(C)(C)CO)n1. The lowest BCUT2D eigenvalue weighted by Gasteiger charge is -2.22. The number of nitrogens with one attached hydrogen (secondary N) is 1. The lowest BCUT2D eigenvalue weighted by Crippen LogP contribution is -2.27. The molecule has 18 heavy (non-hydrogen) atoms. The number of carboxylic acid groups (broad SMARTS) is 1. The third kappa shape index (κ3) is 4.00. The van der Waals surface area contributed by atoms with Crippen LogP contribution >= 0.6 is 0 Å². The number of hydrogen-bond acceptors (Lipinski definition) is 4. The topological polar surface area (TPSA) is 82.5 Å². The molecular formula is C13H20N2O3. The number of rotatable bonds is 6. The molecule has 1 rings (SSSR count). The summed E-state index contributed by atoms with van der Waals surface area (Å²) in [5.74, 6) is -0.426. The average molecular weight is 252 g/mol. The smallest absolute Gasteiger partial charge is 0.335 e. The Kier molecular flexibility index (Phi) is 4.67. The standard InChI is InChI=1S/C13H20N2O3/c1-4-10-5-9(12(17)18)6-11(15-10)14-7-13(2,3)8-16/h5-6,16H,4,7-8H2,1-3H3,(H,14,15)(H,17,18). The average Bonchev–Trinajstić information content (AvgIpc) is 2.36. The second-order valence-electron chi connectivity index (χ2n) is 5.07. The maximum Gasteiger partial charge on any atom is 0.335 e. The first-order valence-corrected chi connectivity index (χ1v) is 5.97. The van der Waals surface area contributed by atoms with Gasteiger partial charge in [0.2, 0.25) is 0 Å². The van der Waals surface area contributed by atoms with Crippen LogP contribution in [0.4, 0.5) is 5.82 Å². The van der Waals surface area contributed by atoms with Gasteiger partial charge in [-0.15, -0.1) is 0 Å². The number of hydrogen-bond donors (Lipinski definition) is 3. The lowest BCUT2D eigenvalue weighted by atomic mass is 9.95. The van der Waals surface area contributed by atoms with E-state index in [1.54, 1.807) is 6.07 Å². The molecule has 1 aromatic rings. The van der Waals surface area contributed by atoms with Gasteiger partial charge in [-0.1, -0.05) is 20.8 Å². The van der Waals surface area contributed by atoms with Crippen molar-refractivity contribution in [2.24, 2.45) is 5.41 Å². The summed E-state index contributed by atoms with van der Waals surface area (Å²) >= 11 is 0. The van der Waals surface area contributed by atoms with Gasteiger partial charge in [0, 0.05) is 24.3 Å². The zero-order valence-electron chi connectivity index (χ0n) is 11.0. The maximum absolute atomic E-state index is 11.0. The molecule has 5 nitrogen and oxygen atoms in total. The highest BCUT2D eigenvalue weighted by atomic mass is 16.4. The van der Waals surface area contributed by atoms with Crippen LogP contribution in [-0.4, -0.2) is 34.3 Å². The molecule has 1 heterocycles. The molecular weight excluding hydrogens is 232 g/mol. The van der Waals surface area contributed by atoms with Gasteiger partial charge < -0.3 is 15.5 Å². The minimum Gasteiger partial charge on any atom is -0.478 e. The number of aliphatic hydroxyl groups excluding tert-OH is 1. The second-order valence-corrected chi connectivity index (χ2v) is 5.07. The monoisotopic (exact) mass is 252 g/mol. The molecule has 0 fully saturated rings. The molecule has 0 spiro atoms. The predicted molar refractivity (Wildman–Crippen MR) is 69.9 cm³/mol. The van der Waals surface area contributed by atoms with Gasteiger partial charge in [0.15, 0.2) is 0 Å². The van der Waals surface area contributed by atoms with Crippen LogP contribution in [0.2, 0.25) is 0 Å². The predicted octanol–water partition coefficient (Wildman–Crippen LogP) is 1.77. The Labute approximate surface area is 107 Å². The van der Waals surface area contributed by atoms with E-state index in [9.17, 15) is 4.79 Å². The van der Waals surface area contributed by atoms with E-state index >= 15 is 0 Å². The van der Waals surface area contributed by atoms with E-state index in [1.165, 1.54) is 6.07 Å². The van der Waals surface area contributed by atoms with Crippen molar-refractivity contribution in [2.45, 2.75) is 27.2 Å². The molecule has 0 unspecified atom stereocenters. The van der Waals surface area contributed by atoms with E-state index in [1.807, 2.05) is 20.8 Å². The van der Waals surface area contributed by atoms with Crippen LogP contribution in [0.1, 0.15) is 36.8 Å². The van der Waals surface area contributed by atoms with Gasteiger partial charge in [-0.2, -0.15) is 0 Å². The summed E-state index contributed by atoms with van der Waals surface area (Å²) in [4.78, 5) is 15.3. The Bertz CT molecular complexity index is 430. The van der Waals surface area contributed by atoms with Gasteiger partial charge in [-0.25, -0.2) is 9.78 Å². The fourth-order valence-corrected chi connectivity index (χ4v) is 1.37. The molecule has 0 aliphatic rings. The highest BCUT2D eigenvalue weighted by Crippen LogP contribution is 2.16. The van der Waals surface area contributed by atoms with Crippen molar-refractivity contribution in [3.63, 3.8) is 0 Å². The number of aromatic nitrogens is 1. The Hall–Kier alpha value is -1.62. The molecule has 0 saturated carbocycles. The number of aromatic carboxylic acids is 1. The number of aliphatic hydroxyl groups is 1. The van der Waals surface area contributed by atoms with Gasteiger partial charge >= 0.3 is 5.97 Å². The molecule has 0 aliphatic carbocycles. The molecule has 0 bridgehead atoms. The van der Waals surface area contributed by atoms with E-state index in [0.29, 0.717) is 18.8 Å². The highest BCUT2D eigenvalue weighted by Gasteiger charge is 2.16. The molecule has 5 heteroatoms. The number of nitrogens with zero attached hydrogens (tertiary/aromatic N) is 1. The molecule has 0 amide bonds. The van der Waals surface area contributed by atoms with Gasteiger partial charge in [-0.05, 0) is 18.6 Å². The minimum absolute atomic E-state index is 0.0548. The molecule has 0 saturated heterocycles. The Morgan fingerprint density at radius 2 is 2.11 bits per heavy atom. The number of carboxylic acids is 1. The lowest BCUT2D eigenvalue weighted by molar-refractivity contribution is 0.0696. The van der Waals surface area contributed by atoms with Gasteiger partial charge in [-0.3, -0.25) is 0 Å². The summed E-state index contributed by atoms with van der Waals surface area (Å²) in [6, 6.07) is 3.08. The minimum atomic E-state index is -0.962. The summed E-state index contributed by atoms with van der Waals surface area (Å²) in [5.41, 5.74) is 0.693. The Morgan fingerprint density at radius 3 is 2.61 bits per heavy atom. The first-order chi connectivity index (χ1) is 8.38. The van der Waals surface area contributed by atoms with Crippen LogP contribution in [0.15, 0.2) is 12.1 Å². The highest BCUT2D eigenvalue weighted by molar-refractivity contribution is 5.88. The van der Waals surface area contributed by atoms with Crippen LogP contribution < -0.4 is 5.32 Å². The van der Waals surface area contributed by atoms with Crippen molar-refractivity contribution in [1.29, 1.82) is 0 Å². The summed E-state index contributed by atoms with van der Waals surface area (Å²) in [6.07, 6.45) is 0.680. The normalized spacial score (nSPS) is 11.3. The van der Waals surface area contributed by atoms with Crippen molar-refractivity contribution < 1.29 is 15.0 Å². The first-order valence-electron chi connectivity index (χ1n) is 5.97. The Balaban J connectivity index is 2.88. The van der Waals surface area contributed by atoms with Crippen LogP contribution in [0.3, 0.4) is 0 Å². The zero-order valence-corrected chi connectivity index (χ0v) is 11.0. The van der Waals surface area contributed by atoms with Crippen LogP contribution in [0, 0.1) is 5.41 Å². The summed E-state index contributed by atoms with van der Waals surface area (Å²) in [6.45, 7) is 6.35. The zero-order chi connectivity index (χ0) is 13.8. The quantitative estimate of drug-likeness (QED) is 0.718. The van der Waals surface area contributed by atoms with Crippen molar-refractivity contribution in [2.75, 3.05) is 18.5 Å². The molecule has 100 valence electrons. The fraction of sp³-hybridized carbons (Fsp3) is 0.538. The van der Waals surface area contributed by atoms with Crippen molar-refractivity contribution in [3.05, 3.63) is 23.4 Å². The van der Waals surface area contributed by atoms with Crippen molar-refractivity contribution >= 4 is 11.8 Å². The Morgan fingerprint density at radius 1 is 1.44 bits per heavy atom. The molecule has 3 N–H and O–H groups in total. The van der Waals surface area contributed by atoms with E-state index in [0.717, 1.165) is 5.69 Å². The third-order valence-electron chi connectivity index (χ3n) is 2.66. The van der Waals surface area contributed by atoms with E-state index in [4.69, 9.17) is 10.2 Å². The number of aryl methyl sites for hydroxylation is 1. The number of pyridine rings is 1. The summed E-state index contributed by atoms with van der Waals surface area (Å²) in [7, 11) is 0. The van der Waals surface area contributed by atoms with Gasteiger partial charge in [0.25, 0.3) is 0 Å². The largest absolute Gasteiger partial charge is 0.478 e. The first kappa shape index (κ1) is 14.4. The van der Waals surface area contributed by atoms with E-state index < -0.39 is 5.97 Å². The summed E-state index contributed by atoms with van der Waals surface area (Å²) < 4.78 is 0. The molecule has 0 aliphatic heterocycles. The van der Waals surface area contributed by atoms with Crippen LogP contribution in [0.5, 0.6) is 0 Å². The van der Waals surface area contributed by atoms with Gasteiger partial charge in [0.1, 0.15) is 5.82 Å². The van der Waals surface area contributed by atoms with E-state index in [-0.39, 0.29) is 17.6 Å². The van der Waals surface area contributed by atoms with Gasteiger partial charge in [0.05, 0.1) is 5.56 Å². The van der Waals surface area contributed by atoms with E-state index in [2.05, 4.69) is 10.3 Å². The number of carbonyl (C=O) groups is 1. The molecule has 0 atom stereocenters.